The molecule has 0 atom stereocenters. The van der Waals surface area contributed by atoms with E-state index in [2.05, 4.69) is 10.1 Å². The van der Waals surface area contributed by atoms with Gasteiger partial charge in [-0.3, -0.25) is 9.59 Å². The van der Waals surface area contributed by atoms with Crippen molar-refractivity contribution in [1.82, 2.24) is 4.98 Å². The zero-order valence-corrected chi connectivity index (χ0v) is 20.4. The predicted molar refractivity (Wildman–Crippen MR) is 147 cm³/mol. The molecule has 0 saturated heterocycles. The van der Waals surface area contributed by atoms with Gasteiger partial charge >= 0.3 is 0 Å². The number of benzene rings is 4. The number of hydrogen-bond donors (Lipinski definition) is 0. The standard InChI is InChI=1S/C29H19N3O4S/c1-35-22-12-13-24-26(15-22)37-29(31-24)32(28(34)20-11-10-18-6-2-3-7-19(18)14-20)30-16-21-17-36-25-9-5-4-8-23(25)27(21)33/h2-17H,1H3/b30-16+. The summed E-state index contributed by atoms with van der Waals surface area (Å²) < 4.78 is 11.8. The van der Waals surface area contributed by atoms with E-state index in [-0.39, 0.29) is 16.9 Å². The molecule has 2 aromatic heterocycles. The molecule has 0 unspecified atom stereocenters. The topological polar surface area (TPSA) is 85.0 Å². The van der Waals surface area contributed by atoms with Crippen LogP contribution in [0.15, 0.2) is 106 Å². The van der Waals surface area contributed by atoms with Gasteiger partial charge in [0.05, 0.1) is 34.5 Å². The number of amides is 1. The largest absolute Gasteiger partial charge is 0.497 e. The second-order valence-electron chi connectivity index (χ2n) is 8.27. The Morgan fingerprint density at radius 3 is 2.68 bits per heavy atom. The molecular weight excluding hydrogens is 486 g/mol. The van der Waals surface area contributed by atoms with E-state index in [4.69, 9.17) is 9.15 Å². The maximum absolute atomic E-state index is 13.8. The monoisotopic (exact) mass is 505 g/mol. The smallest absolute Gasteiger partial charge is 0.280 e. The van der Waals surface area contributed by atoms with Crippen molar-refractivity contribution in [2.45, 2.75) is 0 Å². The molecule has 0 aliphatic heterocycles. The van der Waals surface area contributed by atoms with Crippen LogP contribution in [-0.2, 0) is 0 Å². The Labute approximate surface area is 214 Å². The number of methoxy groups -OCH3 is 1. The number of rotatable bonds is 5. The normalized spacial score (nSPS) is 11.5. The lowest BCUT2D eigenvalue weighted by atomic mass is 10.1. The molecule has 7 nitrogen and oxygen atoms in total. The third-order valence-electron chi connectivity index (χ3n) is 5.97. The van der Waals surface area contributed by atoms with Gasteiger partial charge in [0.1, 0.15) is 17.6 Å². The highest BCUT2D eigenvalue weighted by molar-refractivity contribution is 7.22. The zero-order chi connectivity index (χ0) is 25.4. The number of carbonyl (C=O) groups is 1. The van der Waals surface area contributed by atoms with Gasteiger partial charge in [-0.1, -0.05) is 53.8 Å². The van der Waals surface area contributed by atoms with Gasteiger partial charge in [0.15, 0.2) is 0 Å². The molecule has 180 valence electrons. The number of hydrazone groups is 1. The first kappa shape index (κ1) is 22.6. The van der Waals surface area contributed by atoms with Crippen LogP contribution >= 0.6 is 11.3 Å². The molecule has 4 aromatic carbocycles. The van der Waals surface area contributed by atoms with E-state index in [0.717, 1.165) is 15.5 Å². The van der Waals surface area contributed by atoms with Gasteiger partial charge in [-0.15, -0.1) is 0 Å². The number of thiazole rings is 1. The van der Waals surface area contributed by atoms with E-state index < -0.39 is 0 Å². The predicted octanol–water partition coefficient (Wildman–Crippen LogP) is 6.25. The molecule has 0 N–H and O–H groups in total. The summed E-state index contributed by atoms with van der Waals surface area (Å²) in [6.07, 6.45) is 2.68. The van der Waals surface area contributed by atoms with Crippen molar-refractivity contribution in [2.24, 2.45) is 5.10 Å². The summed E-state index contributed by atoms with van der Waals surface area (Å²) in [6, 6.07) is 25.8. The van der Waals surface area contributed by atoms with Crippen LogP contribution < -0.4 is 15.2 Å². The van der Waals surface area contributed by atoms with E-state index >= 15 is 0 Å². The van der Waals surface area contributed by atoms with Crippen molar-refractivity contribution in [3.8, 4) is 5.75 Å². The van der Waals surface area contributed by atoms with Crippen molar-refractivity contribution in [3.63, 3.8) is 0 Å². The molecule has 0 radical (unpaired) electrons. The Balaban J connectivity index is 1.46. The van der Waals surface area contributed by atoms with Crippen molar-refractivity contribution in [3.05, 3.63) is 113 Å². The number of ether oxygens (including phenoxy) is 1. The van der Waals surface area contributed by atoms with Crippen LogP contribution in [0.25, 0.3) is 32.0 Å². The van der Waals surface area contributed by atoms with Gasteiger partial charge in [0.25, 0.3) is 5.91 Å². The van der Waals surface area contributed by atoms with Crippen molar-refractivity contribution >= 4 is 60.5 Å². The Morgan fingerprint density at radius 1 is 1.00 bits per heavy atom. The highest BCUT2D eigenvalue weighted by Crippen LogP contribution is 2.32. The van der Waals surface area contributed by atoms with Crippen molar-refractivity contribution in [2.75, 3.05) is 12.1 Å². The van der Waals surface area contributed by atoms with Gasteiger partial charge in [-0.25, -0.2) is 4.98 Å². The average Bonchev–Trinajstić information content (AvgIpc) is 3.37. The van der Waals surface area contributed by atoms with Gasteiger partial charge < -0.3 is 9.15 Å². The average molecular weight is 506 g/mol. The minimum atomic E-state index is -0.377. The molecule has 0 aliphatic rings. The number of carbonyl (C=O) groups excluding carboxylic acids is 1. The number of para-hydroxylation sites is 1. The number of fused-ring (bicyclic) bond motifs is 3. The van der Waals surface area contributed by atoms with Crippen LogP contribution in [0.1, 0.15) is 15.9 Å². The first-order valence-electron chi connectivity index (χ1n) is 11.4. The third kappa shape index (κ3) is 4.23. The second-order valence-corrected chi connectivity index (χ2v) is 9.28. The Morgan fingerprint density at radius 2 is 1.81 bits per heavy atom. The lowest BCUT2D eigenvalue weighted by molar-refractivity contribution is 0.0988. The minimum absolute atomic E-state index is 0.220. The number of hydrogen-bond acceptors (Lipinski definition) is 7. The van der Waals surface area contributed by atoms with E-state index in [1.54, 1.807) is 37.4 Å². The highest BCUT2D eigenvalue weighted by atomic mass is 32.1. The maximum Gasteiger partial charge on any atom is 0.280 e. The number of nitrogens with zero attached hydrogens (tertiary/aromatic N) is 3. The van der Waals surface area contributed by atoms with Gasteiger partial charge in [-0.2, -0.15) is 10.1 Å². The molecule has 1 amide bonds. The van der Waals surface area contributed by atoms with Crippen molar-refractivity contribution < 1.29 is 13.9 Å². The van der Waals surface area contributed by atoms with Crippen LogP contribution in [0.3, 0.4) is 0 Å². The molecule has 0 saturated carbocycles. The third-order valence-corrected chi connectivity index (χ3v) is 6.97. The molecule has 37 heavy (non-hydrogen) atoms. The van der Waals surface area contributed by atoms with Gasteiger partial charge in [0.2, 0.25) is 10.6 Å². The summed E-state index contributed by atoms with van der Waals surface area (Å²) >= 11 is 1.30. The molecule has 0 fully saturated rings. The summed E-state index contributed by atoms with van der Waals surface area (Å²) in [6.45, 7) is 0. The number of anilines is 1. The molecule has 0 bridgehead atoms. The Hall–Kier alpha value is -4.82. The van der Waals surface area contributed by atoms with Crippen LogP contribution in [0.2, 0.25) is 0 Å². The quantitative estimate of drug-likeness (QED) is 0.204. The molecule has 0 aliphatic carbocycles. The van der Waals surface area contributed by atoms with Gasteiger partial charge in [-0.05, 0) is 53.2 Å². The van der Waals surface area contributed by atoms with E-state index in [0.29, 0.717) is 32.9 Å². The molecule has 6 aromatic rings. The SMILES string of the molecule is COc1ccc2nc(N(/N=C/c3coc4ccccc4c3=O)C(=O)c3ccc4ccccc4c3)sc2c1. The summed E-state index contributed by atoms with van der Waals surface area (Å²) in [5.41, 5.74) is 1.61. The Kier molecular flexibility index (Phi) is 5.71. The first-order chi connectivity index (χ1) is 18.1. The molecular formula is C29H19N3O4S. The van der Waals surface area contributed by atoms with Crippen LogP contribution in [0, 0.1) is 0 Å². The Bertz CT molecular complexity index is 1890. The van der Waals surface area contributed by atoms with Crippen LogP contribution in [-0.4, -0.2) is 24.2 Å². The maximum atomic E-state index is 13.8. The van der Waals surface area contributed by atoms with E-state index in [1.165, 1.54) is 28.8 Å². The molecule has 8 heteroatoms. The van der Waals surface area contributed by atoms with E-state index in [9.17, 15) is 9.59 Å². The fourth-order valence-corrected chi connectivity index (χ4v) is 5.00. The van der Waals surface area contributed by atoms with Crippen LogP contribution in [0.4, 0.5) is 5.13 Å². The van der Waals surface area contributed by atoms with Gasteiger partial charge in [0, 0.05) is 5.56 Å². The lowest BCUT2D eigenvalue weighted by Gasteiger charge is -2.14. The summed E-state index contributed by atoms with van der Waals surface area (Å²) in [4.78, 5) is 31.4. The molecule has 2 heterocycles. The fourth-order valence-electron chi connectivity index (χ4n) is 4.05. The first-order valence-corrected chi connectivity index (χ1v) is 12.2. The minimum Gasteiger partial charge on any atom is -0.497 e. The zero-order valence-electron chi connectivity index (χ0n) is 19.6. The molecule has 0 spiro atoms. The van der Waals surface area contributed by atoms with E-state index in [1.807, 2.05) is 54.6 Å². The highest BCUT2D eigenvalue weighted by Gasteiger charge is 2.22. The summed E-state index contributed by atoms with van der Waals surface area (Å²) in [7, 11) is 1.60. The number of aromatic nitrogens is 1. The van der Waals surface area contributed by atoms with Crippen LogP contribution in [0.5, 0.6) is 5.75 Å². The lowest BCUT2D eigenvalue weighted by Crippen LogP contribution is -2.26. The summed E-state index contributed by atoms with van der Waals surface area (Å²) in [5, 5.41) is 8.41. The van der Waals surface area contributed by atoms with Crippen molar-refractivity contribution in [1.29, 1.82) is 0 Å². The second kappa shape index (κ2) is 9.33. The summed E-state index contributed by atoms with van der Waals surface area (Å²) in [5.74, 6) is 0.311. The molecule has 6 rings (SSSR count). The fraction of sp³-hybridized carbons (Fsp3) is 0.0345.